The van der Waals surface area contributed by atoms with E-state index < -0.39 is 6.10 Å². The molecule has 0 aliphatic rings. The van der Waals surface area contributed by atoms with Gasteiger partial charge < -0.3 is 5.11 Å². The first kappa shape index (κ1) is 8.02. The van der Waals surface area contributed by atoms with Crippen LogP contribution in [0.25, 0.3) is 6.08 Å². The second kappa shape index (κ2) is 3.35. The standard InChI is InChI=1S/C10H12O/c1-3-9-5-4-6-10(7-9)8(2)11/h3-8,11H,1H2,2H3. The van der Waals surface area contributed by atoms with Crippen LogP contribution in [0.5, 0.6) is 0 Å². The van der Waals surface area contributed by atoms with Gasteiger partial charge in [0.15, 0.2) is 0 Å². The number of aliphatic hydroxyl groups excluding tert-OH is 1. The SMILES string of the molecule is C=Cc1cccc(C(C)O)c1. The van der Waals surface area contributed by atoms with E-state index in [2.05, 4.69) is 6.58 Å². The van der Waals surface area contributed by atoms with Gasteiger partial charge in [-0.15, -0.1) is 0 Å². The summed E-state index contributed by atoms with van der Waals surface area (Å²) in [6.07, 6.45) is 1.38. The van der Waals surface area contributed by atoms with Crippen molar-refractivity contribution in [3.8, 4) is 0 Å². The van der Waals surface area contributed by atoms with Crippen molar-refractivity contribution in [3.63, 3.8) is 0 Å². The number of benzene rings is 1. The first-order valence-electron chi connectivity index (χ1n) is 3.64. The highest BCUT2D eigenvalue weighted by molar-refractivity contribution is 5.48. The Morgan fingerprint density at radius 1 is 1.55 bits per heavy atom. The Kier molecular flexibility index (Phi) is 2.44. The summed E-state index contributed by atoms with van der Waals surface area (Å²) in [4.78, 5) is 0. The molecule has 0 fully saturated rings. The highest BCUT2D eigenvalue weighted by Gasteiger charge is 1.98. The fourth-order valence-corrected chi connectivity index (χ4v) is 0.946. The van der Waals surface area contributed by atoms with E-state index in [-0.39, 0.29) is 0 Å². The molecule has 0 aliphatic heterocycles. The normalized spacial score (nSPS) is 12.5. The maximum Gasteiger partial charge on any atom is 0.0762 e. The lowest BCUT2D eigenvalue weighted by atomic mass is 10.1. The van der Waals surface area contributed by atoms with E-state index in [0.717, 1.165) is 11.1 Å². The van der Waals surface area contributed by atoms with Crippen LogP contribution in [0.15, 0.2) is 30.8 Å². The zero-order valence-corrected chi connectivity index (χ0v) is 6.62. The molecule has 1 N–H and O–H groups in total. The molecule has 0 aromatic heterocycles. The summed E-state index contributed by atoms with van der Waals surface area (Å²) < 4.78 is 0. The van der Waals surface area contributed by atoms with E-state index >= 15 is 0 Å². The van der Waals surface area contributed by atoms with E-state index in [0.29, 0.717) is 0 Å². The van der Waals surface area contributed by atoms with Crippen molar-refractivity contribution in [2.24, 2.45) is 0 Å². The summed E-state index contributed by atoms with van der Waals surface area (Å²) in [6, 6.07) is 7.70. The molecule has 1 atom stereocenters. The highest BCUT2D eigenvalue weighted by Crippen LogP contribution is 2.13. The largest absolute Gasteiger partial charge is 0.389 e. The average molecular weight is 148 g/mol. The molecule has 0 amide bonds. The third-order valence-electron chi connectivity index (χ3n) is 1.63. The zero-order valence-electron chi connectivity index (χ0n) is 6.62. The lowest BCUT2D eigenvalue weighted by Crippen LogP contribution is -1.90. The number of hydrogen-bond donors (Lipinski definition) is 1. The average Bonchev–Trinajstić information content (AvgIpc) is 2.05. The Hall–Kier alpha value is -1.08. The Morgan fingerprint density at radius 2 is 2.27 bits per heavy atom. The molecule has 1 nitrogen and oxygen atoms in total. The minimum atomic E-state index is -0.394. The minimum Gasteiger partial charge on any atom is -0.389 e. The molecule has 0 heterocycles. The van der Waals surface area contributed by atoms with Crippen molar-refractivity contribution in [3.05, 3.63) is 42.0 Å². The van der Waals surface area contributed by atoms with Gasteiger partial charge in [0.2, 0.25) is 0 Å². The van der Waals surface area contributed by atoms with Gasteiger partial charge in [-0.1, -0.05) is 30.9 Å². The minimum absolute atomic E-state index is 0.394. The first-order valence-corrected chi connectivity index (χ1v) is 3.64. The van der Waals surface area contributed by atoms with E-state index in [4.69, 9.17) is 0 Å². The molecule has 11 heavy (non-hydrogen) atoms. The van der Waals surface area contributed by atoms with Crippen molar-refractivity contribution >= 4 is 6.08 Å². The molecule has 0 radical (unpaired) electrons. The Bertz CT molecular complexity index is 251. The number of rotatable bonds is 2. The fraction of sp³-hybridized carbons (Fsp3) is 0.200. The molecule has 0 aliphatic carbocycles. The summed E-state index contributed by atoms with van der Waals surface area (Å²) in [5, 5.41) is 9.21. The van der Waals surface area contributed by atoms with Crippen LogP contribution in [0.1, 0.15) is 24.2 Å². The molecular formula is C10H12O. The molecule has 1 aromatic carbocycles. The second-order valence-corrected chi connectivity index (χ2v) is 2.55. The van der Waals surface area contributed by atoms with Crippen molar-refractivity contribution in [2.45, 2.75) is 13.0 Å². The zero-order chi connectivity index (χ0) is 8.27. The maximum absolute atomic E-state index is 9.21. The second-order valence-electron chi connectivity index (χ2n) is 2.55. The van der Waals surface area contributed by atoms with Crippen LogP contribution >= 0.6 is 0 Å². The van der Waals surface area contributed by atoms with Gasteiger partial charge in [-0.05, 0) is 24.1 Å². The summed E-state index contributed by atoms with van der Waals surface area (Å²) in [7, 11) is 0. The number of hydrogen-bond acceptors (Lipinski definition) is 1. The van der Waals surface area contributed by atoms with Gasteiger partial charge in [-0.2, -0.15) is 0 Å². The molecule has 1 heteroatoms. The predicted molar refractivity (Wildman–Crippen MR) is 47.2 cm³/mol. The van der Waals surface area contributed by atoms with Crippen LogP contribution in [-0.4, -0.2) is 5.11 Å². The van der Waals surface area contributed by atoms with Crippen LogP contribution in [-0.2, 0) is 0 Å². The van der Waals surface area contributed by atoms with Gasteiger partial charge in [0.25, 0.3) is 0 Å². The van der Waals surface area contributed by atoms with E-state index in [1.54, 1.807) is 13.0 Å². The van der Waals surface area contributed by atoms with Crippen LogP contribution < -0.4 is 0 Å². The Morgan fingerprint density at radius 3 is 2.82 bits per heavy atom. The molecule has 0 spiro atoms. The van der Waals surface area contributed by atoms with Crippen LogP contribution in [0, 0.1) is 0 Å². The first-order chi connectivity index (χ1) is 5.24. The van der Waals surface area contributed by atoms with Gasteiger partial charge in [0, 0.05) is 0 Å². The van der Waals surface area contributed by atoms with Gasteiger partial charge in [-0.25, -0.2) is 0 Å². The number of aliphatic hydroxyl groups is 1. The van der Waals surface area contributed by atoms with E-state index in [1.807, 2.05) is 24.3 Å². The molecule has 0 bridgehead atoms. The quantitative estimate of drug-likeness (QED) is 0.682. The fourth-order valence-electron chi connectivity index (χ4n) is 0.946. The Labute approximate surface area is 67.0 Å². The summed E-state index contributed by atoms with van der Waals surface area (Å²) in [5.41, 5.74) is 1.98. The van der Waals surface area contributed by atoms with E-state index in [1.165, 1.54) is 0 Å². The molecule has 0 saturated carbocycles. The maximum atomic E-state index is 9.21. The predicted octanol–water partition coefficient (Wildman–Crippen LogP) is 2.38. The molecular weight excluding hydrogens is 136 g/mol. The summed E-state index contributed by atoms with van der Waals surface area (Å²) >= 11 is 0. The molecule has 1 rings (SSSR count). The molecule has 1 aromatic rings. The molecule has 58 valence electrons. The lowest BCUT2D eigenvalue weighted by Gasteiger charge is -2.04. The van der Waals surface area contributed by atoms with Crippen LogP contribution in [0.3, 0.4) is 0 Å². The summed E-state index contributed by atoms with van der Waals surface area (Å²) in [5.74, 6) is 0. The van der Waals surface area contributed by atoms with Gasteiger partial charge >= 0.3 is 0 Å². The lowest BCUT2D eigenvalue weighted by molar-refractivity contribution is 0.199. The van der Waals surface area contributed by atoms with Gasteiger partial charge in [-0.3, -0.25) is 0 Å². The van der Waals surface area contributed by atoms with Crippen LogP contribution in [0.2, 0.25) is 0 Å². The summed E-state index contributed by atoms with van der Waals surface area (Å²) in [6.45, 7) is 5.40. The molecule has 1 unspecified atom stereocenters. The monoisotopic (exact) mass is 148 g/mol. The smallest absolute Gasteiger partial charge is 0.0762 e. The van der Waals surface area contributed by atoms with Crippen molar-refractivity contribution in [2.75, 3.05) is 0 Å². The Balaban J connectivity index is 3.00. The van der Waals surface area contributed by atoms with Crippen LogP contribution in [0.4, 0.5) is 0 Å². The third kappa shape index (κ3) is 1.92. The topological polar surface area (TPSA) is 20.2 Å². The van der Waals surface area contributed by atoms with Crippen molar-refractivity contribution in [1.82, 2.24) is 0 Å². The highest BCUT2D eigenvalue weighted by atomic mass is 16.3. The van der Waals surface area contributed by atoms with Gasteiger partial charge in [0.1, 0.15) is 0 Å². The van der Waals surface area contributed by atoms with Gasteiger partial charge in [0.05, 0.1) is 6.10 Å². The molecule has 0 saturated heterocycles. The van der Waals surface area contributed by atoms with Crippen molar-refractivity contribution in [1.29, 1.82) is 0 Å². The van der Waals surface area contributed by atoms with Crippen molar-refractivity contribution < 1.29 is 5.11 Å². The third-order valence-corrected chi connectivity index (χ3v) is 1.63. The van der Waals surface area contributed by atoms with E-state index in [9.17, 15) is 5.11 Å².